The molecule has 6 aliphatic rings. The van der Waals surface area contributed by atoms with Crippen molar-refractivity contribution in [2.24, 2.45) is 16.7 Å². The summed E-state index contributed by atoms with van der Waals surface area (Å²) in [6.45, 7) is 12.6. The molecule has 252 valence electrons. The number of aliphatic hydroxyl groups excluding tert-OH is 1. The Morgan fingerprint density at radius 3 is 2.46 bits per heavy atom. The number of rotatable bonds is 5. The van der Waals surface area contributed by atoms with Crippen molar-refractivity contribution >= 4 is 11.9 Å². The number of morpholine rings is 1. The van der Waals surface area contributed by atoms with Gasteiger partial charge in [-0.2, -0.15) is 0 Å². The minimum absolute atomic E-state index is 0.0776. The van der Waals surface area contributed by atoms with Gasteiger partial charge in [-0.1, -0.05) is 39.0 Å². The van der Waals surface area contributed by atoms with Gasteiger partial charge in [-0.25, -0.2) is 4.79 Å². The third kappa shape index (κ3) is 4.72. The van der Waals surface area contributed by atoms with Crippen LogP contribution in [0.5, 0.6) is 0 Å². The summed E-state index contributed by atoms with van der Waals surface area (Å²) in [5.74, 6) is -1.84. The predicted octanol–water partition coefficient (Wildman–Crippen LogP) is 2.62. The van der Waals surface area contributed by atoms with Gasteiger partial charge in [0, 0.05) is 43.8 Å². The molecule has 11 heteroatoms. The van der Waals surface area contributed by atoms with E-state index in [1.165, 1.54) is 6.92 Å². The van der Waals surface area contributed by atoms with E-state index < -0.39 is 76.7 Å². The fraction of sp³-hybridized carbons (Fsp3) is 0.714. The summed E-state index contributed by atoms with van der Waals surface area (Å²) in [6.07, 6.45) is -3.33. The zero-order valence-electron chi connectivity index (χ0n) is 27.4. The molecule has 5 fully saturated rings. The highest BCUT2D eigenvalue weighted by molar-refractivity contribution is 5.89. The van der Waals surface area contributed by atoms with Crippen molar-refractivity contribution in [3.8, 4) is 0 Å². The van der Waals surface area contributed by atoms with Gasteiger partial charge in [0.15, 0.2) is 11.9 Å². The minimum Gasteiger partial charge on any atom is -0.455 e. The average molecular weight is 642 g/mol. The molecule has 2 N–H and O–H groups in total. The topological polar surface area (TPSA) is 133 Å². The number of aliphatic hydroxyl groups is 2. The molecule has 10 atom stereocenters. The number of hydrogen-bond donors (Lipinski definition) is 2. The number of carbonyl (C=O) groups is 2. The molecule has 0 amide bonds. The van der Waals surface area contributed by atoms with Crippen LogP contribution in [0.15, 0.2) is 41.5 Å². The molecule has 3 aliphatic heterocycles. The number of benzene rings is 1. The van der Waals surface area contributed by atoms with Crippen molar-refractivity contribution in [2.45, 2.75) is 102 Å². The molecule has 2 saturated carbocycles. The number of nitrogens with zero attached hydrogens (tertiary/aromatic N) is 1. The summed E-state index contributed by atoms with van der Waals surface area (Å²) < 4.78 is 38.2. The van der Waals surface area contributed by atoms with Crippen molar-refractivity contribution in [3.05, 3.63) is 47.0 Å². The summed E-state index contributed by atoms with van der Waals surface area (Å²) in [6, 6.07) is 8.67. The first kappa shape index (κ1) is 32.2. The van der Waals surface area contributed by atoms with Gasteiger partial charge in [0.2, 0.25) is 0 Å². The number of hydrogen-bond acceptors (Lipinski definition) is 11. The largest absolute Gasteiger partial charge is 0.455 e. The number of esters is 2. The van der Waals surface area contributed by atoms with Gasteiger partial charge in [-0.3, -0.25) is 9.69 Å². The Morgan fingerprint density at radius 1 is 1.09 bits per heavy atom. The van der Waals surface area contributed by atoms with Crippen LogP contribution in [0.4, 0.5) is 0 Å². The smallest absolute Gasteiger partial charge is 0.338 e. The van der Waals surface area contributed by atoms with Crippen LogP contribution in [-0.4, -0.2) is 115 Å². The molecule has 7 rings (SSSR count). The first-order valence-corrected chi connectivity index (χ1v) is 16.6. The molecule has 2 unspecified atom stereocenters. The zero-order chi connectivity index (χ0) is 32.6. The summed E-state index contributed by atoms with van der Waals surface area (Å²) in [7, 11) is 0. The highest BCUT2D eigenvalue weighted by Gasteiger charge is 2.77. The highest BCUT2D eigenvalue weighted by Crippen LogP contribution is 2.66. The van der Waals surface area contributed by atoms with E-state index in [2.05, 4.69) is 11.8 Å². The van der Waals surface area contributed by atoms with Crippen molar-refractivity contribution < 1.29 is 48.2 Å². The molecule has 3 saturated heterocycles. The van der Waals surface area contributed by atoms with E-state index in [4.69, 9.17) is 28.4 Å². The van der Waals surface area contributed by atoms with Crippen molar-refractivity contribution in [3.63, 3.8) is 0 Å². The molecule has 0 spiro atoms. The molecule has 46 heavy (non-hydrogen) atoms. The van der Waals surface area contributed by atoms with Crippen LogP contribution < -0.4 is 0 Å². The highest BCUT2D eigenvalue weighted by atomic mass is 16.7. The van der Waals surface area contributed by atoms with Crippen LogP contribution in [0.3, 0.4) is 0 Å². The summed E-state index contributed by atoms with van der Waals surface area (Å²) in [4.78, 5) is 29.1. The van der Waals surface area contributed by atoms with E-state index in [0.29, 0.717) is 38.2 Å². The molecule has 2 bridgehead atoms. The first-order chi connectivity index (χ1) is 21.8. The molecule has 1 aromatic carbocycles. The second-order valence-corrected chi connectivity index (χ2v) is 14.9. The van der Waals surface area contributed by atoms with Gasteiger partial charge < -0.3 is 38.6 Å². The fourth-order valence-corrected chi connectivity index (χ4v) is 9.65. The van der Waals surface area contributed by atoms with E-state index in [-0.39, 0.29) is 13.0 Å². The third-order valence-corrected chi connectivity index (χ3v) is 12.1. The van der Waals surface area contributed by atoms with Crippen LogP contribution in [0, 0.1) is 16.7 Å². The van der Waals surface area contributed by atoms with Crippen LogP contribution in [-0.2, 0) is 33.2 Å². The van der Waals surface area contributed by atoms with E-state index >= 15 is 0 Å². The second-order valence-electron chi connectivity index (χ2n) is 14.9. The maximum absolute atomic E-state index is 14.0. The lowest BCUT2D eigenvalue weighted by Gasteiger charge is -2.68. The molecule has 0 radical (unpaired) electrons. The number of carbonyl (C=O) groups excluding carboxylic acids is 2. The molecule has 1 aromatic rings. The van der Waals surface area contributed by atoms with Gasteiger partial charge in [-0.15, -0.1) is 0 Å². The molecular formula is C35H47NO10. The van der Waals surface area contributed by atoms with Gasteiger partial charge in [-0.05, 0) is 43.0 Å². The van der Waals surface area contributed by atoms with Gasteiger partial charge in [0.25, 0.3) is 0 Å². The molecule has 3 aliphatic carbocycles. The molecule has 3 heterocycles. The van der Waals surface area contributed by atoms with E-state index in [1.807, 2.05) is 26.8 Å². The van der Waals surface area contributed by atoms with E-state index in [0.717, 1.165) is 24.2 Å². The van der Waals surface area contributed by atoms with Crippen LogP contribution in [0.1, 0.15) is 64.2 Å². The second kappa shape index (κ2) is 11.4. The summed E-state index contributed by atoms with van der Waals surface area (Å²) >= 11 is 0. The van der Waals surface area contributed by atoms with E-state index in [9.17, 15) is 19.8 Å². The summed E-state index contributed by atoms with van der Waals surface area (Å²) in [5, 5.41) is 24.8. The fourth-order valence-electron chi connectivity index (χ4n) is 9.65. The Morgan fingerprint density at radius 2 is 1.80 bits per heavy atom. The lowest BCUT2D eigenvalue weighted by molar-refractivity contribution is -0.345. The van der Waals surface area contributed by atoms with Crippen molar-refractivity contribution in [1.29, 1.82) is 0 Å². The normalized spacial score (nSPS) is 43.2. The van der Waals surface area contributed by atoms with E-state index in [1.54, 1.807) is 24.3 Å². The van der Waals surface area contributed by atoms with Gasteiger partial charge >= 0.3 is 11.9 Å². The lowest BCUT2D eigenvalue weighted by atomic mass is 9.45. The minimum atomic E-state index is -1.78. The quantitative estimate of drug-likeness (QED) is 0.363. The predicted molar refractivity (Wildman–Crippen MR) is 164 cm³/mol. The Balaban J connectivity index is 1.41. The maximum Gasteiger partial charge on any atom is 0.338 e. The molecular weight excluding hydrogens is 594 g/mol. The van der Waals surface area contributed by atoms with Gasteiger partial charge in [0.1, 0.15) is 23.9 Å². The first-order valence-electron chi connectivity index (χ1n) is 16.6. The van der Waals surface area contributed by atoms with Crippen molar-refractivity contribution in [2.75, 3.05) is 39.5 Å². The lowest BCUT2D eigenvalue weighted by Crippen LogP contribution is -2.79. The van der Waals surface area contributed by atoms with Crippen LogP contribution >= 0.6 is 0 Å². The molecule has 0 aromatic heterocycles. The summed E-state index contributed by atoms with van der Waals surface area (Å²) in [5.41, 5.74) is -3.00. The zero-order valence-corrected chi connectivity index (χ0v) is 27.4. The number of ether oxygens (including phenoxy) is 6. The Kier molecular flexibility index (Phi) is 7.95. The monoisotopic (exact) mass is 641 g/mol. The Hall–Kier alpha value is -2.38. The third-order valence-electron chi connectivity index (χ3n) is 12.1. The Labute approximate surface area is 270 Å². The van der Waals surface area contributed by atoms with Gasteiger partial charge in [0.05, 0.1) is 43.5 Å². The standard InChI is InChI=1S/C35H47NO10/c1-20-23(38)17-35(40)30(45-31(39)22-9-7-6-8-10-22)28-33(5,12-11-24-34(28,19-42-24)46-21(2)37)29-27(26(20)32(35,3)4)43-25(44-29)18-36-13-15-41-16-14-36/h6-10,23-25,27-30,38,40H,11-19H2,1-5H3/t23-,24+,25+,27+,28?,29+,30?,33+,34-,35+/m0/s1. The number of fused-ring (bicyclic) bond motifs is 8. The average Bonchev–Trinajstić information content (AvgIpc) is 3.42. The Bertz CT molecular complexity index is 1390. The van der Waals surface area contributed by atoms with Crippen molar-refractivity contribution in [1.82, 2.24) is 4.90 Å². The van der Waals surface area contributed by atoms with Crippen LogP contribution in [0.25, 0.3) is 0 Å². The maximum atomic E-state index is 14.0. The SMILES string of the molecule is CC(=O)O[C@@]12CO[C@@H]1CC[C@]1(C)C2C(OC(=O)c2ccccc2)[C@]2(O)C[C@H](O)C(C)=C([C@H]3O[C@@H](CN4CCOCC4)O[C@H]31)C2(C)C. The van der Waals surface area contributed by atoms with Crippen LogP contribution in [0.2, 0.25) is 0 Å². The molecule has 11 nitrogen and oxygen atoms in total.